The molecule has 0 saturated carbocycles. The van der Waals surface area contributed by atoms with E-state index in [2.05, 4.69) is 20.8 Å². The fourth-order valence-corrected chi connectivity index (χ4v) is 5.44. The van der Waals surface area contributed by atoms with Crippen LogP contribution in [0.4, 0.5) is 0 Å². The summed E-state index contributed by atoms with van der Waals surface area (Å²) in [7, 11) is 0. The van der Waals surface area contributed by atoms with Crippen molar-refractivity contribution in [3.05, 3.63) is 0 Å². The average molecular weight is 625 g/mol. The molecule has 0 spiro atoms. The molecule has 0 amide bonds. The number of esters is 3. The van der Waals surface area contributed by atoms with Gasteiger partial charge in [0.2, 0.25) is 0 Å². The Morgan fingerprint density at radius 1 is 0.364 bits per heavy atom. The van der Waals surface area contributed by atoms with Crippen LogP contribution in [0.25, 0.3) is 0 Å². The zero-order valence-corrected chi connectivity index (χ0v) is 29.4. The minimum absolute atomic E-state index is 0.0651. The molecule has 0 fully saturated rings. The molecule has 6 heteroatoms. The first-order valence-electron chi connectivity index (χ1n) is 19.0. The molecule has 44 heavy (non-hydrogen) atoms. The number of rotatable bonds is 34. The fraction of sp³-hybridized carbons (Fsp3) is 0.921. The lowest BCUT2D eigenvalue weighted by Gasteiger charge is -2.18. The van der Waals surface area contributed by atoms with E-state index in [1.54, 1.807) is 0 Å². The zero-order valence-electron chi connectivity index (χ0n) is 29.4. The van der Waals surface area contributed by atoms with Crippen molar-refractivity contribution in [1.29, 1.82) is 0 Å². The Labute approximate surface area is 272 Å². The van der Waals surface area contributed by atoms with E-state index in [4.69, 9.17) is 14.2 Å². The third-order valence-electron chi connectivity index (χ3n) is 8.36. The Kier molecular flexibility index (Phi) is 33.0. The molecule has 0 aromatic heterocycles. The second-order valence-electron chi connectivity index (χ2n) is 12.9. The van der Waals surface area contributed by atoms with Gasteiger partial charge >= 0.3 is 17.9 Å². The lowest BCUT2D eigenvalue weighted by Crippen LogP contribution is -2.30. The van der Waals surface area contributed by atoms with E-state index in [-0.39, 0.29) is 31.1 Å². The summed E-state index contributed by atoms with van der Waals surface area (Å²) >= 11 is 0. The van der Waals surface area contributed by atoms with Crippen LogP contribution in [0.3, 0.4) is 0 Å². The fourth-order valence-electron chi connectivity index (χ4n) is 5.44. The molecule has 0 aliphatic rings. The molecule has 0 bridgehead atoms. The predicted molar refractivity (Wildman–Crippen MR) is 183 cm³/mol. The van der Waals surface area contributed by atoms with Gasteiger partial charge in [0.1, 0.15) is 13.2 Å². The lowest BCUT2D eigenvalue weighted by atomic mass is 10.0. The van der Waals surface area contributed by atoms with Crippen molar-refractivity contribution in [2.24, 2.45) is 0 Å². The summed E-state index contributed by atoms with van der Waals surface area (Å²) in [6.07, 6.45) is 31.1. The largest absolute Gasteiger partial charge is 0.462 e. The number of hydrogen-bond acceptors (Lipinski definition) is 6. The minimum atomic E-state index is -0.754. The van der Waals surface area contributed by atoms with Gasteiger partial charge in [-0.1, -0.05) is 168 Å². The number of unbranched alkanes of at least 4 members (excludes halogenated alkanes) is 23. The molecule has 0 aromatic rings. The van der Waals surface area contributed by atoms with Crippen LogP contribution in [0.1, 0.15) is 207 Å². The molecule has 0 rings (SSSR count). The van der Waals surface area contributed by atoms with Crippen molar-refractivity contribution in [3.63, 3.8) is 0 Å². The van der Waals surface area contributed by atoms with Crippen LogP contribution < -0.4 is 0 Å². The summed E-state index contributed by atoms with van der Waals surface area (Å²) in [6.45, 7) is 6.52. The van der Waals surface area contributed by atoms with Crippen molar-refractivity contribution >= 4 is 17.9 Å². The number of hydrogen-bond donors (Lipinski definition) is 0. The van der Waals surface area contributed by atoms with E-state index in [1.165, 1.54) is 103 Å². The van der Waals surface area contributed by atoms with Gasteiger partial charge < -0.3 is 14.2 Å². The van der Waals surface area contributed by atoms with Gasteiger partial charge in [-0.25, -0.2) is 0 Å². The molecule has 0 radical (unpaired) electrons. The lowest BCUT2D eigenvalue weighted by molar-refractivity contribution is -0.167. The first kappa shape index (κ1) is 42.4. The zero-order chi connectivity index (χ0) is 32.4. The molecule has 1 atom stereocenters. The number of ether oxygens (including phenoxy) is 3. The molecule has 0 aliphatic heterocycles. The summed E-state index contributed by atoms with van der Waals surface area (Å²) in [4.78, 5) is 37.1. The average Bonchev–Trinajstić information content (AvgIpc) is 3.02. The van der Waals surface area contributed by atoms with Crippen LogP contribution in [0, 0.1) is 0 Å². The van der Waals surface area contributed by atoms with Gasteiger partial charge in [-0.3, -0.25) is 14.4 Å². The molecule has 260 valence electrons. The molecule has 0 N–H and O–H groups in total. The highest BCUT2D eigenvalue weighted by atomic mass is 16.6. The molecular weight excluding hydrogens is 552 g/mol. The third kappa shape index (κ3) is 31.8. The van der Waals surface area contributed by atoms with Crippen LogP contribution in [-0.2, 0) is 28.6 Å². The van der Waals surface area contributed by atoms with Crippen molar-refractivity contribution in [2.75, 3.05) is 13.2 Å². The smallest absolute Gasteiger partial charge is 0.306 e. The van der Waals surface area contributed by atoms with Crippen LogP contribution in [0.15, 0.2) is 0 Å². The quantitative estimate of drug-likeness (QED) is 0.0402. The van der Waals surface area contributed by atoms with Gasteiger partial charge in [0, 0.05) is 19.3 Å². The monoisotopic (exact) mass is 625 g/mol. The standard InChI is InChI=1S/C38H72O6/c1-4-7-10-13-15-17-18-19-21-22-25-28-31-37(40)43-34-35(33-42-36(39)30-27-24-12-9-6-3)44-38(41)32-29-26-23-20-16-14-11-8-5-2/h35H,4-34H2,1-3H3/t35-/m0/s1. The van der Waals surface area contributed by atoms with Crippen LogP contribution in [0.5, 0.6) is 0 Å². The molecular formula is C38H72O6. The Bertz CT molecular complexity index is 649. The highest BCUT2D eigenvalue weighted by Gasteiger charge is 2.19. The number of carbonyl (C=O) groups is 3. The van der Waals surface area contributed by atoms with Gasteiger partial charge in [0.05, 0.1) is 0 Å². The van der Waals surface area contributed by atoms with Crippen LogP contribution in [-0.4, -0.2) is 37.2 Å². The molecule has 0 saturated heterocycles. The maximum atomic E-state index is 12.5. The summed E-state index contributed by atoms with van der Waals surface area (Å²) in [6, 6.07) is 0. The van der Waals surface area contributed by atoms with E-state index in [9.17, 15) is 14.4 Å². The SMILES string of the molecule is CCCCCCCCCCCCCCC(=O)OC[C@H](COC(=O)CCCCCCC)OC(=O)CCCCCCCCCCC. The number of carbonyl (C=O) groups excluding carboxylic acids is 3. The summed E-state index contributed by atoms with van der Waals surface area (Å²) < 4.78 is 16.5. The maximum Gasteiger partial charge on any atom is 0.306 e. The normalized spacial score (nSPS) is 11.8. The van der Waals surface area contributed by atoms with Gasteiger partial charge in [-0.2, -0.15) is 0 Å². The van der Waals surface area contributed by atoms with Gasteiger partial charge in [0.25, 0.3) is 0 Å². The van der Waals surface area contributed by atoms with Gasteiger partial charge in [-0.15, -0.1) is 0 Å². The Balaban J connectivity index is 4.25. The summed E-state index contributed by atoms with van der Waals surface area (Å²) in [5.41, 5.74) is 0. The van der Waals surface area contributed by atoms with Crippen molar-refractivity contribution < 1.29 is 28.6 Å². The van der Waals surface area contributed by atoms with Crippen molar-refractivity contribution in [3.8, 4) is 0 Å². The molecule has 6 nitrogen and oxygen atoms in total. The summed E-state index contributed by atoms with van der Waals surface area (Å²) in [5, 5.41) is 0. The molecule has 0 aromatic carbocycles. The second-order valence-corrected chi connectivity index (χ2v) is 12.9. The van der Waals surface area contributed by atoms with E-state index in [0.717, 1.165) is 64.2 Å². The van der Waals surface area contributed by atoms with Crippen molar-refractivity contribution in [2.45, 2.75) is 213 Å². The third-order valence-corrected chi connectivity index (χ3v) is 8.36. The Hall–Kier alpha value is -1.59. The highest BCUT2D eigenvalue weighted by Crippen LogP contribution is 2.14. The molecule has 0 heterocycles. The highest BCUT2D eigenvalue weighted by molar-refractivity contribution is 5.71. The predicted octanol–water partition coefficient (Wildman–Crippen LogP) is 11.4. The van der Waals surface area contributed by atoms with Gasteiger partial charge in [0.15, 0.2) is 6.10 Å². The Morgan fingerprint density at radius 2 is 0.614 bits per heavy atom. The Morgan fingerprint density at radius 3 is 0.909 bits per heavy atom. The first-order chi connectivity index (χ1) is 21.5. The maximum absolute atomic E-state index is 12.5. The van der Waals surface area contributed by atoms with Crippen LogP contribution in [0.2, 0.25) is 0 Å². The molecule has 0 unspecified atom stereocenters. The molecule has 0 aliphatic carbocycles. The van der Waals surface area contributed by atoms with Gasteiger partial charge in [-0.05, 0) is 19.3 Å². The van der Waals surface area contributed by atoms with Crippen LogP contribution >= 0.6 is 0 Å². The summed E-state index contributed by atoms with van der Waals surface area (Å²) in [5.74, 6) is -0.880. The van der Waals surface area contributed by atoms with E-state index in [0.29, 0.717) is 19.3 Å². The topological polar surface area (TPSA) is 78.9 Å². The van der Waals surface area contributed by atoms with E-state index in [1.807, 2.05) is 0 Å². The van der Waals surface area contributed by atoms with E-state index < -0.39 is 6.10 Å². The minimum Gasteiger partial charge on any atom is -0.462 e. The second kappa shape index (κ2) is 34.3. The first-order valence-corrected chi connectivity index (χ1v) is 19.0. The van der Waals surface area contributed by atoms with Crippen molar-refractivity contribution in [1.82, 2.24) is 0 Å². The van der Waals surface area contributed by atoms with E-state index >= 15 is 0 Å².